The number of hydrogen-bond donors (Lipinski definition) is 4. The van der Waals surface area contributed by atoms with Gasteiger partial charge in [0.05, 0.1) is 0 Å². The first-order valence-electron chi connectivity index (χ1n) is 9.01. The van der Waals surface area contributed by atoms with Gasteiger partial charge in [-0.15, -0.1) is 0 Å². The zero-order valence-corrected chi connectivity index (χ0v) is 15.5. The van der Waals surface area contributed by atoms with E-state index in [1.54, 1.807) is 0 Å². The first-order chi connectivity index (χ1) is 11.1. The molecule has 144 valence electrons. The van der Waals surface area contributed by atoms with Gasteiger partial charge in [-0.3, -0.25) is 0 Å². The lowest BCUT2D eigenvalue weighted by atomic mass is 9.97. The van der Waals surface area contributed by atoms with Crippen molar-refractivity contribution in [1.29, 1.82) is 0 Å². The Kier molecular flexibility index (Phi) is 16.1. The van der Waals surface area contributed by atoms with E-state index in [0.29, 0.717) is 6.42 Å². The van der Waals surface area contributed by atoms with Crippen LogP contribution in [0.2, 0.25) is 0 Å². The predicted molar refractivity (Wildman–Crippen MR) is 94.0 cm³/mol. The van der Waals surface area contributed by atoms with Gasteiger partial charge in [0.2, 0.25) is 0 Å². The Morgan fingerprint density at radius 1 is 0.875 bits per heavy atom. The Hall–Kier alpha value is -1.14. The topological polar surface area (TPSA) is 115 Å². The Bertz CT molecular complexity index is 325. The van der Waals surface area contributed by atoms with Gasteiger partial charge in [-0.05, 0) is 26.7 Å². The molecule has 0 rings (SSSR count). The van der Waals surface area contributed by atoms with Crippen molar-refractivity contribution in [2.45, 2.75) is 103 Å². The summed E-state index contributed by atoms with van der Waals surface area (Å²) in [6, 6.07) is 0. The van der Waals surface area contributed by atoms with E-state index < -0.39 is 23.6 Å². The Morgan fingerprint density at radius 2 is 1.21 bits per heavy atom. The lowest BCUT2D eigenvalue weighted by Crippen LogP contribution is -2.34. The molecule has 0 aliphatic heterocycles. The Labute approximate surface area is 145 Å². The van der Waals surface area contributed by atoms with Crippen molar-refractivity contribution in [3.63, 3.8) is 0 Å². The highest BCUT2D eigenvalue weighted by molar-refractivity contribution is 5.76. The van der Waals surface area contributed by atoms with Crippen LogP contribution < -0.4 is 0 Å². The standard InChI is InChI=1S/C15H30O3.C3H6O3/c1-3-4-5-6-7-8-9-10-11-12-13-15(2,18)14(16)17;1-2(4)3(5)6/h18H,3-13H2,1-2H3,(H,16,17);2,4H,1H3,(H,5,6). The molecule has 0 radical (unpaired) electrons. The van der Waals surface area contributed by atoms with Gasteiger partial charge in [0, 0.05) is 0 Å². The third kappa shape index (κ3) is 17.2. The van der Waals surface area contributed by atoms with Crippen LogP contribution in [-0.4, -0.2) is 44.1 Å². The number of unbranched alkanes of at least 4 members (excludes halogenated alkanes) is 9. The van der Waals surface area contributed by atoms with Crippen molar-refractivity contribution >= 4 is 11.9 Å². The van der Waals surface area contributed by atoms with E-state index in [4.69, 9.17) is 15.3 Å². The molecule has 0 spiro atoms. The van der Waals surface area contributed by atoms with E-state index in [2.05, 4.69) is 6.92 Å². The van der Waals surface area contributed by atoms with E-state index in [1.165, 1.54) is 58.8 Å². The highest BCUT2D eigenvalue weighted by Gasteiger charge is 2.28. The Morgan fingerprint density at radius 3 is 1.50 bits per heavy atom. The van der Waals surface area contributed by atoms with Gasteiger partial charge in [-0.25, -0.2) is 9.59 Å². The number of rotatable bonds is 13. The summed E-state index contributed by atoms with van der Waals surface area (Å²) in [7, 11) is 0. The van der Waals surface area contributed by atoms with Gasteiger partial charge in [0.1, 0.15) is 6.10 Å². The fraction of sp³-hybridized carbons (Fsp3) is 0.889. The second kappa shape index (κ2) is 15.4. The minimum Gasteiger partial charge on any atom is -0.479 e. The maximum absolute atomic E-state index is 10.7. The lowest BCUT2D eigenvalue weighted by Gasteiger charge is -2.17. The maximum Gasteiger partial charge on any atom is 0.335 e. The molecule has 0 aromatic rings. The molecular formula is C18H36O6. The maximum atomic E-state index is 10.7. The average molecular weight is 348 g/mol. The molecule has 2 atom stereocenters. The summed E-state index contributed by atoms with van der Waals surface area (Å²) in [5.74, 6) is -2.30. The van der Waals surface area contributed by atoms with Crippen LogP contribution in [0.4, 0.5) is 0 Å². The number of aliphatic carboxylic acids is 2. The number of hydrogen-bond acceptors (Lipinski definition) is 4. The quantitative estimate of drug-likeness (QED) is 0.378. The van der Waals surface area contributed by atoms with Crippen LogP contribution in [0, 0.1) is 0 Å². The number of aliphatic hydroxyl groups is 2. The molecular weight excluding hydrogens is 312 g/mol. The summed E-state index contributed by atoms with van der Waals surface area (Å²) in [6.45, 7) is 4.80. The van der Waals surface area contributed by atoms with Crippen molar-refractivity contribution in [1.82, 2.24) is 0 Å². The highest BCUT2D eigenvalue weighted by Crippen LogP contribution is 2.16. The van der Waals surface area contributed by atoms with Crippen LogP contribution in [-0.2, 0) is 9.59 Å². The Balaban J connectivity index is 0. The van der Waals surface area contributed by atoms with Gasteiger partial charge in [0.25, 0.3) is 0 Å². The number of carbonyl (C=O) groups is 2. The van der Waals surface area contributed by atoms with Crippen molar-refractivity contribution in [3.05, 3.63) is 0 Å². The van der Waals surface area contributed by atoms with Crippen LogP contribution in [0.25, 0.3) is 0 Å². The lowest BCUT2D eigenvalue weighted by molar-refractivity contribution is -0.157. The normalized spacial score (nSPS) is 14.2. The number of aliphatic hydroxyl groups excluding tert-OH is 1. The van der Waals surface area contributed by atoms with Crippen LogP contribution in [0.3, 0.4) is 0 Å². The molecule has 0 saturated carbocycles. The molecule has 6 nitrogen and oxygen atoms in total. The third-order valence-electron chi connectivity index (χ3n) is 3.84. The largest absolute Gasteiger partial charge is 0.479 e. The smallest absolute Gasteiger partial charge is 0.335 e. The molecule has 0 saturated heterocycles. The predicted octanol–water partition coefficient (Wildman–Crippen LogP) is 3.58. The van der Waals surface area contributed by atoms with Crippen LogP contribution >= 0.6 is 0 Å². The first-order valence-corrected chi connectivity index (χ1v) is 9.01. The van der Waals surface area contributed by atoms with Gasteiger partial charge in [0.15, 0.2) is 5.60 Å². The molecule has 0 amide bonds. The van der Waals surface area contributed by atoms with Crippen molar-refractivity contribution in [2.24, 2.45) is 0 Å². The summed E-state index contributed by atoms with van der Waals surface area (Å²) in [6.07, 6.45) is 11.3. The van der Waals surface area contributed by atoms with Crippen molar-refractivity contribution in [2.75, 3.05) is 0 Å². The van der Waals surface area contributed by atoms with E-state index in [1.807, 2.05) is 0 Å². The molecule has 0 aromatic heterocycles. The van der Waals surface area contributed by atoms with E-state index in [-0.39, 0.29) is 0 Å². The minimum absolute atomic E-state index is 0.360. The molecule has 0 bridgehead atoms. The fourth-order valence-corrected chi connectivity index (χ4v) is 2.06. The van der Waals surface area contributed by atoms with Gasteiger partial charge >= 0.3 is 11.9 Å². The van der Waals surface area contributed by atoms with Gasteiger partial charge in [-0.2, -0.15) is 0 Å². The zero-order chi connectivity index (χ0) is 19.0. The van der Waals surface area contributed by atoms with E-state index in [0.717, 1.165) is 19.3 Å². The second-order valence-corrected chi connectivity index (χ2v) is 6.53. The molecule has 0 aromatic carbocycles. The molecule has 24 heavy (non-hydrogen) atoms. The van der Waals surface area contributed by atoms with Crippen molar-refractivity contribution in [3.8, 4) is 0 Å². The summed E-state index contributed by atoms with van der Waals surface area (Å²) >= 11 is 0. The molecule has 2 unspecified atom stereocenters. The molecule has 0 aliphatic rings. The van der Waals surface area contributed by atoms with E-state index in [9.17, 15) is 14.7 Å². The van der Waals surface area contributed by atoms with Gasteiger partial charge < -0.3 is 20.4 Å². The first kappa shape index (κ1) is 25.1. The molecule has 0 heterocycles. The number of carboxylic acids is 2. The second-order valence-electron chi connectivity index (χ2n) is 6.53. The minimum atomic E-state index is -1.54. The SMILES string of the molecule is CC(O)C(=O)O.CCCCCCCCCCCCC(C)(O)C(=O)O. The summed E-state index contributed by atoms with van der Waals surface area (Å²) in [4.78, 5) is 20.1. The van der Waals surface area contributed by atoms with Gasteiger partial charge in [-0.1, -0.05) is 64.7 Å². The summed E-state index contributed by atoms with van der Waals surface area (Å²) in [5.41, 5.74) is -1.54. The highest BCUT2D eigenvalue weighted by atomic mass is 16.4. The number of carboxylic acid groups (broad SMARTS) is 2. The average Bonchev–Trinajstić information content (AvgIpc) is 2.49. The van der Waals surface area contributed by atoms with Crippen LogP contribution in [0.15, 0.2) is 0 Å². The van der Waals surface area contributed by atoms with E-state index >= 15 is 0 Å². The molecule has 0 fully saturated rings. The van der Waals surface area contributed by atoms with Crippen LogP contribution in [0.5, 0.6) is 0 Å². The molecule has 4 N–H and O–H groups in total. The van der Waals surface area contributed by atoms with Crippen molar-refractivity contribution < 1.29 is 30.0 Å². The third-order valence-corrected chi connectivity index (χ3v) is 3.84. The van der Waals surface area contributed by atoms with Crippen LogP contribution in [0.1, 0.15) is 91.4 Å². The summed E-state index contributed by atoms with van der Waals surface area (Å²) < 4.78 is 0. The monoisotopic (exact) mass is 348 g/mol. The molecule has 6 heteroatoms. The fourth-order valence-electron chi connectivity index (χ4n) is 2.06. The molecule has 0 aliphatic carbocycles. The summed E-state index contributed by atoms with van der Waals surface area (Å²) in [5, 5.41) is 34.0. The zero-order valence-electron chi connectivity index (χ0n) is 15.5.